The van der Waals surface area contributed by atoms with Crippen molar-refractivity contribution in [3.8, 4) is 0 Å². The number of para-hydroxylation sites is 3. The maximum absolute atomic E-state index is 9.73. The first kappa shape index (κ1) is 27.3. The maximum atomic E-state index is 9.73. The molecule has 3 aromatic rings. The first-order valence-corrected chi connectivity index (χ1v) is 8.15. The lowest BCUT2D eigenvalue weighted by atomic mass is 10.3. The van der Waals surface area contributed by atoms with Gasteiger partial charge >= 0.3 is 0 Å². The van der Waals surface area contributed by atoms with Crippen molar-refractivity contribution < 1.29 is 15.6 Å². The molecule has 3 N–H and O–H groups in total. The molecular weight excluding hydrogens is 423 g/mol. The van der Waals surface area contributed by atoms with Crippen LogP contribution in [0.2, 0.25) is 0 Å². The molecule has 0 amide bonds. The quantitative estimate of drug-likeness (QED) is 0.288. The monoisotopic (exact) mass is 441 g/mol. The third-order valence-electron chi connectivity index (χ3n) is 3.19. The molecule has 3 rings (SSSR count). The molecule has 0 fully saturated rings. The van der Waals surface area contributed by atoms with Gasteiger partial charge in [0, 0.05) is 17.4 Å². The Balaban J connectivity index is 0.000000429. The minimum Gasteiger partial charge on any atom is -0.265 e. The number of hydrogen-bond acceptors (Lipinski definition) is 9. The van der Waals surface area contributed by atoms with Crippen molar-refractivity contribution in [3.63, 3.8) is 0 Å². The molecule has 12 nitrogen and oxygen atoms in total. The predicted molar refractivity (Wildman–Crippen MR) is 115 cm³/mol. The van der Waals surface area contributed by atoms with Crippen LogP contribution in [-0.4, -0.2) is 33.0 Å². The van der Waals surface area contributed by atoms with Gasteiger partial charge in [0.15, 0.2) is 0 Å². The summed E-state index contributed by atoms with van der Waals surface area (Å²) >= 11 is 0. The SMILES string of the molecule is O=NN(O)c1ccccc1.O=NN(O)c1ccccc1.O=NN(O)c1ccccc1.[Al]. The van der Waals surface area contributed by atoms with Gasteiger partial charge in [-0.15, -0.1) is 30.2 Å². The second-order valence-corrected chi connectivity index (χ2v) is 5.12. The summed E-state index contributed by atoms with van der Waals surface area (Å²) < 4.78 is 0. The summed E-state index contributed by atoms with van der Waals surface area (Å²) in [5.41, 5.74) is 1.08. The highest BCUT2D eigenvalue weighted by Crippen LogP contribution is 2.11. The van der Waals surface area contributed by atoms with E-state index in [9.17, 15) is 14.7 Å². The van der Waals surface area contributed by atoms with Crippen LogP contribution in [0.4, 0.5) is 17.1 Å². The Bertz CT molecular complexity index is 761. The number of nitrogens with zero attached hydrogens (tertiary/aromatic N) is 6. The zero-order valence-corrected chi connectivity index (χ0v) is 17.1. The van der Waals surface area contributed by atoms with E-state index in [1.165, 1.54) is 0 Å². The van der Waals surface area contributed by atoms with Crippen molar-refractivity contribution in [1.29, 1.82) is 0 Å². The van der Waals surface area contributed by atoms with Crippen LogP contribution < -0.4 is 15.5 Å². The summed E-state index contributed by atoms with van der Waals surface area (Å²) in [7, 11) is 0. The van der Waals surface area contributed by atoms with Crippen LogP contribution in [0.3, 0.4) is 0 Å². The van der Waals surface area contributed by atoms with Gasteiger partial charge in [0.05, 0.1) is 32.9 Å². The second-order valence-electron chi connectivity index (χ2n) is 5.12. The topological polar surface area (TPSA) is 159 Å². The third-order valence-corrected chi connectivity index (χ3v) is 3.19. The van der Waals surface area contributed by atoms with Crippen LogP contribution >= 0.6 is 0 Å². The van der Waals surface area contributed by atoms with Gasteiger partial charge in [-0.1, -0.05) is 54.6 Å². The van der Waals surface area contributed by atoms with E-state index in [1.54, 1.807) is 91.0 Å². The summed E-state index contributed by atoms with van der Waals surface area (Å²) in [5, 5.41) is 33.8. The molecule has 0 aliphatic carbocycles. The largest absolute Gasteiger partial charge is 0.265 e. The van der Waals surface area contributed by atoms with Gasteiger partial charge in [0.25, 0.3) is 0 Å². The van der Waals surface area contributed by atoms with Crippen LogP contribution in [0, 0.1) is 14.7 Å². The molecule has 0 atom stereocenters. The lowest BCUT2D eigenvalue weighted by Crippen LogP contribution is -2.06. The highest BCUT2D eigenvalue weighted by Gasteiger charge is 1.99. The van der Waals surface area contributed by atoms with Crippen LogP contribution in [0.25, 0.3) is 0 Å². The summed E-state index contributed by atoms with van der Waals surface area (Å²) in [6, 6.07) is 25.0. The number of hydrogen-bond donors (Lipinski definition) is 3. The smallest absolute Gasteiger partial charge is 0.0932 e. The molecule has 0 unspecified atom stereocenters. The van der Waals surface area contributed by atoms with E-state index < -0.39 is 0 Å². The third kappa shape index (κ3) is 10.6. The van der Waals surface area contributed by atoms with Crippen molar-refractivity contribution in [1.82, 2.24) is 0 Å². The lowest BCUT2D eigenvalue weighted by molar-refractivity contribution is 0.257. The fourth-order valence-corrected chi connectivity index (χ4v) is 1.83. The molecule has 3 radical (unpaired) electrons. The van der Waals surface area contributed by atoms with E-state index in [4.69, 9.17) is 15.6 Å². The Labute approximate surface area is 187 Å². The molecule has 13 heteroatoms. The summed E-state index contributed by atoms with van der Waals surface area (Å²) in [4.78, 5) is 29.2. The van der Waals surface area contributed by atoms with Gasteiger partial charge in [-0.25, -0.2) is 0 Å². The summed E-state index contributed by atoms with van der Waals surface area (Å²) in [6.45, 7) is 0. The molecule has 31 heavy (non-hydrogen) atoms. The van der Waals surface area contributed by atoms with Crippen molar-refractivity contribution >= 4 is 34.4 Å². The van der Waals surface area contributed by atoms with Crippen molar-refractivity contribution in [3.05, 3.63) is 106 Å². The Morgan fingerprint density at radius 2 is 0.645 bits per heavy atom. The van der Waals surface area contributed by atoms with E-state index >= 15 is 0 Å². The number of nitroso groups, excluding NO2 is 3. The van der Waals surface area contributed by atoms with Crippen LogP contribution in [0.5, 0.6) is 0 Å². The van der Waals surface area contributed by atoms with E-state index in [0.717, 1.165) is 0 Å². The normalized spacial score (nSPS) is 8.61. The molecule has 0 spiro atoms. The van der Waals surface area contributed by atoms with Gasteiger partial charge in [-0.3, -0.25) is 15.6 Å². The molecule has 0 aromatic heterocycles. The Morgan fingerprint density at radius 3 is 0.806 bits per heavy atom. The molecular formula is C18H18AlN6O6. The average molecular weight is 441 g/mol. The van der Waals surface area contributed by atoms with Gasteiger partial charge < -0.3 is 0 Å². The lowest BCUT2D eigenvalue weighted by Gasteiger charge is -2.03. The predicted octanol–water partition coefficient (Wildman–Crippen LogP) is 4.31. The summed E-state index contributed by atoms with van der Waals surface area (Å²) in [6.07, 6.45) is 0. The standard InChI is InChI=1S/3C6H6N2O2.Al/c3*9-7-8(10)6-4-2-1-3-5-6;/h3*1-5,10H;. The molecule has 159 valence electrons. The zero-order valence-electron chi connectivity index (χ0n) is 16.0. The first-order chi connectivity index (χ1) is 14.5. The Morgan fingerprint density at radius 1 is 0.452 bits per heavy atom. The van der Waals surface area contributed by atoms with E-state index in [0.29, 0.717) is 17.1 Å². The molecule has 0 aliphatic heterocycles. The molecule has 0 bridgehead atoms. The van der Waals surface area contributed by atoms with Gasteiger partial charge in [-0.2, -0.15) is 0 Å². The number of benzene rings is 3. The number of anilines is 3. The van der Waals surface area contributed by atoms with Crippen molar-refractivity contribution in [2.45, 2.75) is 0 Å². The Kier molecular flexibility index (Phi) is 14.2. The van der Waals surface area contributed by atoms with Crippen LogP contribution in [-0.2, 0) is 0 Å². The zero-order chi connectivity index (χ0) is 22.2. The molecule has 3 aromatic carbocycles. The maximum Gasteiger partial charge on any atom is 0.0932 e. The van der Waals surface area contributed by atoms with E-state index in [1.807, 2.05) is 0 Å². The molecule has 0 saturated carbocycles. The second kappa shape index (κ2) is 16.1. The molecule has 0 heterocycles. The average Bonchev–Trinajstić information content (AvgIpc) is 2.85. The Hall–Kier alpha value is -3.73. The number of rotatable bonds is 6. The summed E-state index contributed by atoms with van der Waals surface area (Å²) in [5.74, 6) is 0. The molecule has 0 aliphatic rings. The minimum absolute atomic E-state index is 0. The first-order valence-electron chi connectivity index (χ1n) is 8.15. The van der Waals surface area contributed by atoms with Crippen molar-refractivity contribution in [2.24, 2.45) is 15.9 Å². The molecule has 0 saturated heterocycles. The van der Waals surface area contributed by atoms with E-state index in [2.05, 4.69) is 15.9 Å². The fraction of sp³-hybridized carbons (Fsp3) is 0. The van der Waals surface area contributed by atoms with E-state index in [-0.39, 0.29) is 32.9 Å². The highest BCUT2D eigenvalue weighted by molar-refractivity contribution is 5.75. The van der Waals surface area contributed by atoms with Gasteiger partial charge in [0.1, 0.15) is 0 Å². The van der Waals surface area contributed by atoms with Crippen LogP contribution in [0.1, 0.15) is 0 Å². The van der Waals surface area contributed by atoms with Crippen molar-refractivity contribution in [2.75, 3.05) is 15.5 Å². The van der Waals surface area contributed by atoms with Gasteiger partial charge in [-0.05, 0) is 36.4 Å². The minimum atomic E-state index is 0. The van der Waals surface area contributed by atoms with Gasteiger partial charge in [0.2, 0.25) is 0 Å². The highest BCUT2D eigenvalue weighted by atomic mass is 27.0. The van der Waals surface area contributed by atoms with Crippen LogP contribution in [0.15, 0.2) is 107 Å². The fourth-order valence-electron chi connectivity index (χ4n) is 1.83.